The zero-order valence-electron chi connectivity index (χ0n) is 10.8. The molecule has 0 radical (unpaired) electrons. The summed E-state index contributed by atoms with van der Waals surface area (Å²) in [5, 5.41) is 1.04. The average Bonchev–Trinajstić information content (AvgIpc) is 2.45. The number of fused-ring (bicyclic) bond motifs is 1. The molecule has 3 nitrogen and oxygen atoms in total. The van der Waals surface area contributed by atoms with E-state index in [-0.39, 0.29) is 17.9 Å². The summed E-state index contributed by atoms with van der Waals surface area (Å²) >= 11 is 11.1. The van der Waals surface area contributed by atoms with Crippen LogP contribution in [0.25, 0.3) is 10.9 Å². The van der Waals surface area contributed by atoms with Crippen LogP contribution in [0.5, 0.6) is 0 Å². The Morgan fingerprint density at radius 1 is 1.19 bits per heavy atom. The summed E-state index contributed by atoms with van der Waals surface area (Å²) in [6.07, 6.45) is 0. The van der Waals surface area contributed by atoms with E-state index in [0.29, 0.717) is 20.7 Å². The number of halogens is 2. The monoisotopic (exact) mass is 320 g/mol. The van der Waals surface area contributed by atoms with Crippen LogP contribution in [0.2, 0.25) is 5.02 Å². The van der Waals surface area contributed by atoms with E-state index in [1.54, 1.807) is 30.3 Å². The van der Waals surface area contributed by atoms with Gasteiger partial charge in [0.25, 0.3) is 5.56 Å². The van der Waals surface area contributed by atoms with Crippen LogP contribution >= 0.6 is 23.8 Å². The molecule has 0 fully saturated rings. The van der Waals surface area contributed by atoms with Gasteiger partial charge < -0.3 is 4.98 Å². The van der Waals surface area contributed by atoms with Gasteiger partial charge in [-0.25, -0.2) is 4.39 Å². The molecule has 0 atom stereocenters. The second kappa shape index (κ2) is 5.42. The summed E-state index contributed by atoms with van der Waals surface area (Å²) in [6, 6.07) is 10.9. The van der Waals surface area contributed by atoms with Crippen molar-refractivity contribution in [1.82, 2.24) is 9.55 Å². The fraction of sp³-hybridized carbons (Fsp3) is 0.0667. The summed E-state index contributed by atoms with van der Waals surface area (Å²) in [7, 11) is 0. The van der Waals surface area contributed by atoms with E-state index in [2.05, 4.69) is 4.98 Å². The van der Waals surface area contributed by atoms with Crippen molar-refractivity contribution >= 4 is 34.7 Å². The number of nitrogens with one attached hydrogen (secondary N) is 1. The molecule has 3 rings (SSSR count). The molecule has 1 aromatic heterocycles. The predicted molar refractivity (Wildman–Crippen MR) is 83.9 cm³/mol. The summed E-state index contributed by atoms with van der Waals surface area (Å²) in [5.41, 5.74) is 1.20. The largest absolute Gasteiger partial charge is 0.331 e. The minimum absolute atomic E-state index is 0.199. The molecule has 0 aliphatic rings. The maximum Gasteiger partial charge on any atom is 0.262 e. The third-order valence-corrected chi connectivity index (χ3v) is 3.76. The maximum absolute atomic E-state index is 12.9. The summed E-state index contributed by atoms with van der Waals surface area (Å²) < 4.78 is 14.7. The molecule has 1 N–H and O–H groups in total. The molecule has 106 valence electrons. The highest BCUT2D eigenvalue weighted by atomic mass is 35.5. The lowest BCUT2D eigenvalue weighted by Crippen LogP contribution is -2.22. The molecule has 0 saturated carbocycles. The SMILES string of the molecule is O=c1c2ccc(Cl)cc2[nH]c(=S)n1Cc1ccc(F)cc1. The van der Waals surface area contributed by atoms with Gasteiger partial charge in [-0.05, 0) is 48.1 Å². The second-order valence-corrected chi connectivity index (χ2v) is 5.46. The van der Waals surface area contributed by atoms with Gasteiger partial charge in [0.2, 0.25) is 0 Å². The predicted octanol–water partition coefficient (Wildman–Crippen LogP) is 3.90. The number of H-pyrrole nitrogens is 1. The summed E-state index contributed by atoms with van der Waals surface area (Å²) in [4.78, 5) is 15.5. The van der Waals surface area contributed by atoms with Gasteiger partial charge in [0.1, 0.15) is 5.82 Å². The van der Waals surface area contributed by atoms with Crippen molar-refractivity contribution in [1.29, 1.82) is 0 Å². The molecule has 0 unspecified atom stereocenters. The molecule has 0 aliphatic carbocycles. The van der Waals surface area contributed by atoms with Crippen molar-refractivity contribution in [3.63, 3.8) is 0 Å². The van der Waals surface area contributed by atoms with E-state index >= 15 is 0 Å². The number of hydrogen-bond donors (Lipinski definition) is 1. The lowest BCUT2D eigenvalue weighted by molar-refractivity contribution is 0.625. The first-order valence-electron chi connectivity index (χ1n) is 6.21. The smallest absolute Gasteiger partial charge is 0.262 e. The van der Waals surface area contributed by atoms with E-state index in [4.69, 9.17) is 23.8 Å². The van der Waals surface area contributed by atoms with Crippen molar-refractivity contribution in [3.8, 4) is 0 Å². The van der Waals surface area contributed by atoms with Crippen LogP contribution in [0, 0.1) is 10.6 Å². The van der Waals surface area contributed by atoms with Crippen molar-refractivity contribution in [2.75, 3.05) is 0 Å². The first kappa shape index (κ1) is 14.0. The minimum Gasteiger partial charge on any atom is -0.331 e. The maximum atomic E-state index is 12.9. The van der Waals surface area contributed by atoms with Gasteiger partial charge in [-0.1, -0.05) is 23.7 Å². The third kappa shape index (κ3) is 2.75. The molecule has 21 heavy (non-hydrogen) atoms. The summed E-state index contributed by atoms with van der Waals surface area (Å²) in [6.45, 7) is 0.285. The second-order valence-electron chi connectivity index (χ2n) is 4.64. The first-order chi connectivity index (χ1) is 10.0. The normalized spacial score (nSPS) is 11.0. The quantitative estimate of drug-likeness (QED) is 0.727. The highest BCUT2D eigenvalue weighted by molar-refractivity contribution is 7.71. The zero-order chi connectivity index (χ0) is 15.0. The Kier molecular flexibility index (Phi) is 3.61. The Bertz CT molecular complexity index is 931. The van der Waals surface area contributed by atoms with Crippen LogP contribution in [0.4, 0.5) is 4.39 Å². The molecule has 0 spiro atoms. The molecular formula is C15H10ClFN2OS. The van der Waals surface area contributed by atoms with E-state index in [1.165, 1.54) is 16.7 Å². The van der Waals surface area contributed by atoms with Gasteiger partial charge in [0, 0.05) is 5.02 Å². The van der Waals surface area contributed by atoms with Crippen LogP contribution < -0.4 is 5.56 Å². The Morgan fingerprint density at radius 2 is 1.90 bits per heavy atom. The van der Waals surface area contributed by atoms with Crippen LogP contribution in [0.3, 0.4) is 0 Å². The molecular weight excluding hydrogens is 311 g/mol. The van der Waals surface area contributed by atoms with Crippen LogP contribution in [-0.4, -0.2) is 9.55 Å². The molecule has 6 heteroatoms. The number of nitrogens with zero attached hydrogens (tertiary/aromatic N) is 1. The van der Waals surface area contributed by atoms with Crippen molar-refractivity contribution in [3.05, 3.63) is 74.0 Å². The lowest BCUT2D eigenvalue weighted by atomic mass is 10.2. The molecule has 0 saturated heterocycles. The van der Waals surface area contributed by atoms with Crippen molar-refractivity contribution in [2.24, 2.45) is 0 Å². The minimum atomic E-state index is -0.315. The number of rotatable bonds is 2. The van der Waals surface area contributed by atoms with E-state index in [0.717, 1.165) is 5.56 Å². The van der Waals surface area contributed by atoms with Crippen molar-refractivity contribution in [2.45, 2.75) is 6.54 Å². The van der Waals surface area contributed by atoms with E-state index in [1.807, 2.05) is 0 Å². The Balaban J connectivity index is 2.14. The lowest BCUT2D eigenvalue weighted by Gasteiger charge is -2.08. The number of aromatic nitrogens is 2. The first-order valence-corrected chi connectivity index (χ1v) is 7.00. The highest BCUT2D eigenvalue weighted by Crippen LogP contribution is 2.15. The zero-order valence-corrected chi connectivity index (χ0v) is 12.3. The third-order valence-electron chi connectivity index (χ3n) is 3.20. The van der Waals surface area contributed by atoms with Crippen LogP contribution in [0.1, 0.15) is 5.56 Å². The Hall–Kier alpha value is -1.98. The fourth-order valence-electron chi connectivity index (χ4n) is 2.14. The van der Waals surface area contributed by atoms with Gasteiger partial charge in [-0.3, -0.25) is 9.36 Å². The molecule has 0 bridgehead atoms. The molecule has 0 amide bonds. The van der Waals surface area contributed by atoms with Gasteiger partial charge in [0.15, 0.2) is 4.77 Å². The fourth-order valence-corrected chi connectivity index (χ4v) is 2.57. The Morgan fingerprint density at radius 3 is 2.62 bits per heavy atom. The number of hydrogen-bond acceptors (Lipinski definition) is 2. The molecule has 2 aromatic carbocycles. The van der Waals surface area contributed by atoms with E-state index in [9.17, 15) is 9.18 Å². The van der Waals surface area contributed by atoms with Crippen molar-refractivity contribution < 1.29 is 4.39 Å². The Labute approximate surface area is 129 Å². The van der Waals surface area contributed by atoms with Gasteiger partial charge >= 0.3 is 0 Å². The number of benzene rings is 2. The molecule has 3 aromatic rings. The van der Waals surface area contributed by atoms with Crippen LogP contribution in [-0.2, 0) is 6.54 Å². The average molecular weight is 321 g/mol. The number of aromatic amines is 1. The van der Waals surface area contributed by atoms with E-state index < -0.39 is 0 Å². The van der Waals surface area contributed by atoms with Gasteiger partial charge in [0.05, 0.1) is 17.4 Å². The molecule has 0 aliphatic heterocycles. The summed E-state index contributed by atoms with van der Waals surface area (Å²) in [5.74, 6) is -0.315. The van der Waals surface area contributed by atoms with Crippen LogP contribution in [0.15, 0.2) is 47.3 Å². The van der Waals surface area contributed by atoms with Gasteiger partial charge in [-0.2, -0.15) is 0 Å². The standard InChI is InChI=1S/C15H10ClFN2OS/c16-10-3-6-12-13(7-10)18-15(21)19(14(12)20)8-9-1-4-11(17)5-2-9/h1-7H,8H2,(H,18,21). The molecule has 1 heterocycles. The topological polar surface area (TPSA) is 37.8 Å². The highest BCUT2D eigenvalue weighted by Gasteiger charge is 2.07. The van der Waals surface area contributed by atoms with Gasteiger partial charge in [-0.15, -0.1) is 0 Å².